The highest BCUT2D eigenvalue weighted by molar-refractivity contribution is 7.13. The van der Waals surface area contributed by atoms with Crippen LogP contribution in [0.3, 0.4) is 0 Å². The highest BCUT2D eigenvalue weighted by atomic mass is 35.5. The van der Waals surface area contributed by atoms with E-state index in [0.717, 1.165) is 58.3 Å². The fourth-order valence-corrected chi connectivity index (χ4v) is 11.5. The number of aromatic nitrogens is 2. The van der Waals surface area contributed by atoms with Crippen LogP contribution in [0, 0.1) is 30.0 Å². The Morgan fingerprint density at radius 1 is 0.810 bits per heavy atom. The Bertz CT molecular complexity index is 3010. The molecule has 4 amide bonds. The monoisotopic (exact) mass is 1200 g/mol. The van der Waals surface area contributed by atoms with Crippen molar-refractivity contribution in [3.05, 3.63) is 100 Å². The summed E-state index contributed by atoms with van der Waals surface area (Å²) in [6.07, 6.45) is 4.67. The van der Waals surface area contributed by atoms with Gasteiger partial charge >= 0.3 is 0 Å². The molecule has 0 radical (unpaired) electrons. The van der Waals surface area contributed by atoms with E-state index in [1.807, 2.05) is 38.1 Å². The predicted octanol–water partition coefficient (Wildman–Crippen LogP) is 9.16. The van der Waals surface area contributed by atoms with Gasteiger partial charge in [-0.3, -0.25) is 24.2 Å². The quantitative estimate of drug-likeness (QED) is 0.0304. The minimum Gasteiger partial charge on any atom is -0.491 e. The van der Waals surface area contributed by atoms with Gasteiger partial charge in [-0.25, -0.2) is 13.8 Å². The molecular formula is C62H79ClF2N6O12S. The standard InChI is InChI=1S/C62H79ClF2N6O12S/c1-39(41-6-8-42(9-7-41)48-16-19-66-51-15-12-45(64)33-49(48)51)57(73)69-46-13-14-50(63)54(34-46)83-31-29-81-27-25-79-23-21-77-20-22-78-24-26-80-28-30-82-53-32-43(55-40(2)68-38-84-55)10-11-44(53)36-67-58(74)52-35-47(72)37-71(52)59(75)56(61(3,4)5)70-60(76)62(65)17-18-62/h10-16,19,32-34,38-39,41-42,47,52,56,72H,6-9,17-18,20-31,35-37H2,1-5H3,(H,67,74)(H,69,73)(H,70,76)/t39-,41-,42+,47-,52+,56-/m1/s1. The number of rotatable bonds is 31. The smallest absolute Gasteiger partial charge is 0.258 e. The molecule has 5 aromatic rings. The maximum Gasteiger partial charge on any atom is 0.258 e. The molecule has 4 N–H and O–H groups in total. The first-order valence-electron chi connectivity index (χ1n) is 29.0. The Labute approximate surface area is 498 Å². The Morgan fingerprint density at radius 2 is 1.44 bits per heavy atom. The summed E-state index contributed by atoms with van der Waals surface area (Å²) in [5.41, 5.74) is 3.95. The number of alkyl halides is 1. The lowest BCUT2D eigenvalue weighted by atomic mass is 9.73. The fourth-order valence-electron chi connectivity index (χ4n) is 10.6. The molecule has 1 aliphatic heterocycles. The van der Waals surface area contributed by atoms with Crippen molar-refractivity contribution in [1.29, 1.82) is 0 Å². The lowest BCUT2D eigenvalue weighted by Gasteiger charge is -2.35. The molecule has 84 heavy (non-hydrogen) atoms. The lowest BCUT2D eigenvalue weighted by Crippen LogP contribution is -2.59. The van der Waals surface area contributed by atoms with Crippen LogP contribution in [-0.4, -0.2) is 153 Å². The number of fused-ring (bicyclic) bond motifs is 1. The Morgan fingerprint density at radius 3 is 2.05 bits per heavy atom. The van der Waals surface area contributed by atoms with E-state index in [0.29, 0.717) is 93.2 Å². The Balaban J connectivity index is 0.653. The topological polar surface area (TPSA) is 218 Å². The zero-order chi connectivity index (χ0) is 59.8. The van der Waals surface area contributed by atoms with Gasteiger partial charge in [-0.15, -0.1) is 11.3 Å². The van der Waals surface area contributed by atoms with Gasteiger partial charge in [0.15, 0.2) is 5.67 Å². The number of carbonyl (C=O) groups is 4. The van der Waals surface area contributed by atoms with Gasteiger partial charge in [0.1, 0.15) is 42.6 Å². The molecule has 0 bridgehead atoms. The lowest BCUT2D eigenvalue weighted by molar-refractivity contribution is -0.145. The normalized spacial score (nSPS) is 19.2. The van der Waals surface area contributed by atoms with Gasteiger partial charge in [0, 0.05) is 54.3 Å². The van der Waals surface area contributed by atoms with E-state index in [2.05, 4.69) is 25.9 Å². The van der Waals surface area contributed by atoms with Crippen LogP contribution in [0.4, 0.5) is 14.5 Å². The highest BCUT2D eigenvalue weighted by Gasteiger charge is 2.53. The van der Waals surface area contributed by atoms with Gasteiger partial charge in [0.25, 0.3) is 5.91 Å². The number of aliphatic hydroxyl groups is 1. The van der Waals surface area contributed by atoms with Crippen LogP contribution < -0.4 is 25.4 Å². The van der Waals surface area contributed by atoms with Gasteiger partial charge in [-0.05, 0) is 116 Å². The van der Waals surface area contributed by atoms with Gasteiger partial charge in [-0.2, -0.15) is 0 Å². The molecular weight excluding hydrogens is 1130 g/mol. The molecule has 4 atom stereocenters. The molecule has 0 unspecified atom stereocenters. The number of carbonyl (C=O) groups excluding carboxylic acids is 4. The number of nitrogens with zero attached hydrogens (tertiary/aromatic N) is 3. The SMILES string of the molecule is Cc1ncsc1-c1ccc(CNC(=O)[C@@H]2C[C@@H](O)CN2C(=O)[C@@H](NC(=O)C2(F)CC2)C(C)(C)C)c(OCCOCCOCCOCCOCCOCCOc2cc(NC(=O)[C@H](C)[C@H]3CC[C@@H](c4ccnc5ccc(F)cc54)CC3)ccc2Cl)c1. The van der Waals surface area contributed by atoms with Crippen molar-refractivity contribution in [3.63, 3.8) is 0 Å². The number of halogens is 3. The third kappa shape index (κ3) is 17.8. The van der Waals surface area contributed by atoms with Crippen molar-refractivity contribution in [3.8, 4) is 21.9 Å². The zero-order valence-electron chi connectivity index (χ0n) is 48.6. The van der Waals surface area contributed by atoms with E-state index in [9.17, 15) is 33.1 Å². The van der Waals surface area contributed by atoms with Crippen LogP contribution in [0.15, 0.2) is 72.4 Å². The third-order valence-corrected chi connectivity index (χ3v) is 16.9. The minimum absolute atomic E-state index is 0.00734. The number of amides is 4. The van der Waals surface area contributed by atoms with E-state index >= 15 is 0 Å². The van der Waals surface area contributed by atoms with E-state index < -0.39 is 47.0 Å². The summed E-state index contributed by atoms with van der Waals surface area (Å²) >= 11 is 7.93. The molecule has 8 rings (SSSR count). The average Bonchev–Trinajstić information content (AvgIpc) is 2.24. The summed E-state index contributed by atoms with van der Waals surface area (Å²) in [4.78, 5) is 64.8. The van der Waals surface area contributed by atoms with Crippen molar-refractivity contribution in [2.75, 3.05) is 91.1 Å². The molecule has 2 saturated carbocycles. The number of aryl methyl sites for hydroxylation is 1. The second-order valence-corrected chi connectivity index (χ2v) is 24.1. The van der Waals surface area contributed by atoms with Gasteiger partial charge in [-0.1, -0.05) is 51.4 Å². The van der Waals surface area contributed by atoms with E-state index in [1.54, 1.807) is 62.8 Å². The van der Waals surface area contributed by atoms with E-state index in [1.165, 1.54) is 22.3 Å². The molecule has 3 heterocycles. The molecule has 22 heteroatoms. The number of ether oxygens (including phenoxy) is 7. The summed E-state index contributed by atoms with van der Waals surface area (Å²) in [7, 11) is 0. The molecule has 2 aromatic heterocycles. The van der Waals surface area contributed by atoms with Crippen LogP contribution in [0.25, 0.3) is 21.3 Å². The minimum atomic E-state index is -1.98. The molecule has 0 spiro atoms. The number of nitrogens with one attached hydrogen (secondary N) is 3. The first kappa shape index (κ1) is 64.1. The molecule has 3 fully saturated rings. The number of benzene rings is 3. The summed E-state index contributed by atoms with van der Waals surface area (Å²) in [5, 5.41) is 20.5. The summed E-state index contributed by atoms with van der Waals surface area (Å²) in [5.74, 6) is -0.912. The Kier molecular flexibility index (Phi) is 23.2. The number of hydrogen-bond acceptors (Lipinski definition) is 15. The predicted molar refractivity (Wildman–Crippen MR) is 315 cm³/mol. The maximum atomic E-state index is 14.6. The van der Waals surface area contributed by atoms with Crippen LogP contribution >= 0.6 is 22.9 Å². The van der Waals surface area contributed by atoms with Crippen molar-refractivity contribution >= 4 is 63.2 Å². The number of thiazole rings is 1. The fraction of sp³-hybridized carbons (Fsp3) is 0.548. The third-order valence-electron chi connectivity index (χ3n) is 15.6. The number of aliphatic hydroxyl groups excluding tert-OH is 1. The van der Waals surface area contributed by atoms with Crippen LogP contribution in [0.2, 0.25) is 5.02 Å². The number of β-amino-alcohol motifs (C(OH)–C–C–N with tert-alkyl or cyclic N) is 1. The van der Waals surface area contributed by atoms with E-state index in [4.69, 9.17) is 44.8 Å². The maximum absolute atomic E-state index is 14.6. The first-order chi connectivity index (χ1) is 40.4. The Hall–Kier alpha value is -5.91. The molecule has 1 saturated heterocycles. The van der Waals surface area contributed by atoms with Gasteiger partial charge < -0.3 is 59.1 Å². The van der Waals surface area contributed by atoms with E-state index in [-0.39, 0.29) is 75.7 Å². The molecule has 3 aromatic carbocycles. The number of pyridine rings is 1. The van der Waals surface area contributed by atoms with Crippen molar-refractivity contribution in [2.24, 2.45) is 17.3 Å². The second kappa shape index (κ2) is 30.4. The average molecular weight is 1210 g/mol. The van der Waals surface area contributed by atoms with Gasteiger partial charge in [0.05, 0.1) is 98.8 Å². The molecule has 18 nitrogen and oxygen atoms in total. The van der Waals surface area contributed by atoms with Crippen LogP contribution in [-0.2, 0) is 49.4 Å². The number of anilines is 1. The second-order valence-electron chi connectivity index (χ2n) is 22.8. The van der Waals surface area contributed by atoms with Crippen LogP contribution in [0.1, 0.15) is 95.4 Å². The summed E-state index contributed by atoms with van der Waals surface area (Å²) in [6, 6.07) is 15.5. The zero-order valence-corrected chi connectivity index (χ0v) is 50.1. The van der Waals surface area contributed by atoms with Crippen molar-refractivity contribution in [2.45, 2.75) is 116 Å². The largest absolute Gasteiger partial charge is 0.491 e. The summed E-state index contributed by atoms with van der Waals surface area (Å²) in [6.45, 7) is 13.1. The van der Waals surface area contributed by atoms with Crippen molar-refractivity contribution < 1.29 is 66.2 Å². The molecule has 456 valence electrons. The van der Waals surface area contributed by atoms with Crippen LogP contribution in [0.5, 0.6) is 11.5 Å². The number of likely N-dealkylation sites (tertiary alicyclic amines) is 1. The number of hydrogen-bond donors (Lipinski definition) is 4. The molecule has 2 aliphatic carbocycles. The first-order valence-corrected chi connectivity index (χ1v) is 30.2. The summed E-state index contributed by atoms with van der Waals surface area (Å²) < 4.78 is 69.2. The van der Waals surface area contributed by atoms with Gasteiger partial charge in [0.2, 0.25) is 17.7 Å². The molecule has 3 aliphatic rings. The highest BCUT2D eigenvalue weighted by Crippen LogP contribution is 2.42. The van der Waals surface area contributed by atoms with Crippen molar-refractivity contribution in [1.82, 2.24) is 25.5 Å².